The zero-order valence-corrected chi connectivity index (χ0v) is 21.3. The van der Waals surface area contributed by atoms with Gasteiger partial charge in [0.2, 0.25) is 5.91 Å². The molecule has 1 aromatic heterocycles. The normalized spacial score (nSPS) is 11.5. The van der Waals surface area contributed by atoms with Gasteiger partial charge in [0, 0.05) is 32.1 Å². The molecule has 2 amide bonds. The average molecular weight is 524 g/mol. The van der Waals surface area contributed by atoms with Gasteiger partial charge in [-0.2, -0.15) is 0 Å². The fourth-order valence-electron chi connectivity index (χ4n) is 3.16. The first kappa shape index (κ1) is 24.8. The van der Waals surface area contributed by atoms with Crippen molar-refractivity contribution in [2.75, 3.05) is 17.7 Å². The monoisotopic (exact) mass is 523 g/mol. The molecule has 0 aliphatic rings. The first-order valence-corrected chi connectivity index (χ1v) is 12.8. The topological polar surface area (TPSA) is 80.3 Å². The number of carbonyl (C=O) groups is 2. The lowest BCUT2D eigenvalue weighted by Gasteiger charge is -2.12. The average Bonchev–Trinajstić information content (AvgIpc) is 3.33. The maximum atomic E-state index is 12.8. The summed E-state index contributed by atoms with van der Waals surface area (Å²) in [5.41, 5.74) is 2.85. The van der Waals surface area contributed by atoms with Gasteiger partial charge >= 0.3 is 0 Å². The summed E-state index contributed by atoms with van der Waals surface area (Å²) in [5, 5.41) is 8.49. The molecule has 6 nitrogen and oxygen atoms in total. The number of nitrogens with one attached hydrogen (secondary N) is 2. The molecule has 4 rings (SSSR count). The molecule has 2 N–H and O–H groups in total. The number of thioether (sulfide) groups is 1. The second-order valence-electron chi connectivity index (χ2n) is 7.51. The van der Waals surface area contributed by atoms with Gasteiger partial charge in [-0.15, -0.1) is 23.1 Å². The number of anilines is 2. The summed E-state index contributed by atoms with van der Waals surface area (Å²) >= 11 is 8.71. The number of hydrogen-bond acceptors (Lipinski definition) is 6. The molecule has 1 unspecified atom stereocenters. The Labute approximate surface area is 216 Å². The molecule has 4 aromatic rings. The van der Waals surface area contributed by atoms with Crippen molar-refractivity contribution in [2.24, 2.45) is 0 Å². The molecule has 0 saturated heterocycles. The van der Waals surface area contributed by atoms with Gasteiger partial charge < -0.3 is 15.4 Å². The molecule has 35 heavy (non-hydrogen) atoms. The van der Waals surface area contributed by atoms with Gasteiger partial charge in [-0.3, -0.25) is 9.59 Å². The Morgan fingerprint density at radius 2 is 1.80 bits per heavy atom. The maximum Gasteiger partial charge on any atom is 0.255 e. The lowest BCUT2D eigenvalue weighted by molar-refractivity contribution is -0.115. The van der Waals surface area contributed by atoms with E-state index in [0.717, 1.165) is 16.2 Å². The number of aromatic nitrogens is 1. The number of nitrogens with zero attached hydrogens (tertiary/aromatic N) is 1. The Balaban J connectivity index is 1.36. The second kappa shape index (κ2) is 11.4. The molecule has 9 heteroatoms. The van der Waals surface area contributed by atoms with Crippen LogP contribution in [0.3, 0.4) is 0 Å². The summed E-state index contributed by atoms with van der Waals surface area (Å²) in [6.07, 6.45) is 0. The van der Waals surface area contributed by atoms with E-state index in [1.807, 2.05) is 42.6 Å². The molecule has 0 aliphatic heterocycles. The molecule has 1 atom stereocenters. The SMILES string of the molecule is COc1cccc(C(=O)Nc2cccc(SC(C)C(=O)Nc3nc(-c4ccc(Cl)cc4)cs3)c2)c1. The van der Waals surface area contributed by atoms with Crippen molar-refractivity contribution in [3.63, 3.8) is 0 Å². The molecule has 0 saturated carbocycles. The number of hydrogen-bond donors (Lipinski definition) is 2. The highest BCUT2D eigenvalue weighted by Crippen LogP contribution is 2.29. The van der Waals surface area contributed by atoms with Crippen molar-refractivity contribution in [3.8, 4) is 17.0 Å². The van der Waals surface area contributed by atoms with Crippen LogP contribution in [0.5, 0.6) is 5.75 Å². The smallest absolute Gasteiger partial charge is 0.255 e. The van der Waals surface area contributed by atoms with E-state index < -0.39 is 0 Å². The Morgan fingerprint density at radius 3 is 2.57 bits per heavy atom. The molecular weight excluding hydrogens is 502 g/mol. The number of halogens is 1. The van der Waals surface area contributed by atoms with Crippen LogP contribution in [-0.2, 0) is 4.79 Å². The number of benzene rings is 3. The van der Waals surface area contributed by atoms with Crippen LogP contribution < -0.4 is 15.4 Å². The Bertz CT molecular complexity index is 1340. The fraction of sp³-hybridized carbons (Fsp3) is 0.115. The van der Waals surface area contributed by atoms with Crippen LogP contribution in [0.1, 0.15) is 17.3 Å². The van der Waals surface area contributed by atoms with E-state index in [4.69, 9.17) is 16.3 Å². The van der Waals surface area contributed by atoms with E-state index in [-0.39, 0.29) is 17.1 Å². The fourth-order valence-corrected chi connectivity index (χ4v) is 4.94. The summed E-state index contributed by atoms with van der Waals surface area (Å²) < 4.78 is 5.18. The number of rotatable bonds is 8. The van der Waals surface area contributed by atoms with Crippen LogP contribution in [0.15, 0.2) is 83.1 Å². The van der Waals surface area contributed by atoms with E-state index in [0.29, 0.717) is 27.2 Å². The minimum absolute atomic E-state index is 0.155. The summed E-state index contributed by atoms with van der Waals surface area (Å²) in [6, 6.07) is 21.7. The number of ether oxygens (including phenoxy) is 1. The number of amides is 2. The molecule has 3 aromatic carbocycles. The number of carbonyl (C=O) groups excluding carboxylic acids is 2. The van der Waals surface area contributed by atoms with Gasteiger partial charge in [-0.25, -0.2) is 4.98 Å². The van der Waals surface area contributed by atoms with Crippen molar-refractivity contribution in [2.45, 2.75) is 17.1 Å². The van der Waals surface area contributed by atoms with Gasteiger partial charge in [0.15, 0.2) is 5.13 Å². The molecular formula is C26H22ClN3O3S2. The molecule has 178 valence electrons. The molecule has 0 radical (unpaired) electrons. The van der Waals surface area contributed by atoms with Crippen molar-refractivity contribution >= 4 is 57.3 Å². The zero-order valence-electron chi connectivity index (χ0n) is 18.9. The van der Waals surface area contributed by atoms with Gasteiger partial charge in [0.25, 0.3) is 5.91 Å². The third-order valence-electron chi connectivity index (χ3n) is 4.98. The van der Waals surface area contributed by atoms with E-state index in [1.54, 1.807) is 49.6 Å². The van der Waals surface area contributed by atoms with Gasteiger partial charge in [0.1, 0.15) is 5.75 Å². The van der Waals surface area contributed by atoms with Crippen LogP contribution in [0.4, 0.5) is 10.8 Å². The predicted molar refractivity (Wildman–Crippen MR) is 144 cm³/mol. The quantitative estimate of drug-likeness (QED) is 0.247. The highest BCUT2D eigenvalue weighted by molar-refractivity contribution is 8.00. The minimum atomic E-state index is -0.373. The van der Waals surface area contributed by atoms with Crippen LogP contribution in [0, 0.1) is 0 Å². The molecule has 0 fully saturated rings. The van der Waals surface area contributed by atoms with Gasteiger partial charge in [-0.1, -0.05) is 35.9 Å². The summed E-state index contributed by atoms with van der Waals surface area (Å²) in [4.78, 5) is 30.7. The molecule has 0 bridgehead atoms. The van der Waals surface area contributed by atoms with Crippen molar-refractivity contribution in [1.82, 2.24) is 4.98 Å². The van der Waals surface area contributed by atoms with Crippen LogP contribution in [0.25, 0.3) is 11.3 Å². The Kier molecular flexibility index (Phi) is 8.07. The van der Waals surface area contributed by atoms with Crippen LogP contribution in [-0.4, -0.2) is 29.2 Å². The molecule has 1 heterocycles. The summed E-state index contributed by atoms with van der Waals surface area (Å²) in [7, 11) is 1.56. The number of methoxy groups -OCH3 is 1. The Hall–Kier alpha value is -3.33. The lowest BCUT2D eigenvalue weighted by Crippen LogP contribution is -2.22. The second-order valence-corrected chi connectivity index (χ2v) is 10.2. The summed E-state index contributed by atoms with van der Waals surface area (Å²) in [5.74, 6) is 0.220. The predicted octanol–water partition coefficient (Wildman–Crippen LogP) is 6.84. The highest BCUT2D eigenvalue weighted by atomic mass is 35.5. The van der Waals surface area contributed by atoms with E-state index in [9.17, 15) is 9.59 Å². The Morgan fingerprint density at radius 1 is 1.03 bits per heavy atom. The van der Waals surface area contributed by atoms with E-state index in [1.165, 1.54) is 23.1 Å². The van der Waals surface area contributed by atoms with Crippen molar-refractivity contribution in [1.29, 1.82) is 0 Å². The first-order chi connectivity index (χ1) is 16.9. The van der Waals surface area contributed by atoms with Gasteiger partial charge in [-0.05, 0) is 55.5 Å². The van der Waals surface area contributed by atoms with Crippen molar-refractivity contribution < 1.29 is 14.3 Å². The standard InChI is InChI=1S/C26H22ClN3O3S2/c1-16(24(31)30-26-29-23(15-34-26)17-9-11-19(27)12-10-17)35-22-8-4-6-20(14-22)28-25(32)18-5-3-7-21(13-18)33-2/h3-16H,1-2H3,(H,28,32)(H,29,30,31). The van der Waals surface area contributed by atoms with Crippen molar-refractivity contribution in [3.05, 3.63) is 88.8 Å². The first-order valence-electron chi connectivity index (χ1n) is 10.7. The minimum Gasteiger partial charge on any atom is -0.497 e. The lowest BCUT2D eigenvalue weighted by atomic mass is 10.2. The van der Waals surface area contributed by atoms with Gasteiger partial charge in [0.05, 0.1) is 18.1 Å². The van der Waals surface area contributed by atoms with Crippen LogP contribution >= 0.6 is 34.7 Å². The third kappa shape index (κ3) is 6.63. The largest absolute Gasteiger partial charge is 0.497 e. The molecule has 0 aliphatic carbocycles. The number of thiazole rings is 1. The van der Waals surface area contributed by atoms with E-state index >= 15 is 0 Å². The summed E-state index contributed by atoms with van der Waals surface area (Å²) in [6.45, 7) is 1.83. The van der Waals surface area contributed by atoms with E-state index in [2.05, 4.69) is 15.6 Å². The molecule has 0 spiro atoms. The van der Waals surface area contributed by atoms with Crippen LogP contribution in [0.2, 0.25) is 5.02 Å². The third-order valence-corrected chi connectivity index (χ3v) is 7.08. The maximum absolute atomic E-state index is 12.8. The zero-order chi connectivity index (χ0) is 24.8. The highest BCUT2D eigenvalue weighted by Gasteiger charge is 2.17.